The summed E-state index contributed by atoms with van der Waals surface area (Å²) in [6.45, 7) is 9.20. The van der Waals surface area contributed by atoms with Gasteiger partial charge in [0.25, 0.3) is 5.91 Å². The van der Waals surface area contributed by atoms with Crippen LogP contribution in [0.3, 0.4) is 0 Å². The lowest BCUT2D eigenvalue weighted by molar-refractivity contribution is 0.0953. The lowest BCUT2D eigenvalue weighted by Crippen LogP contribution is -2.34. The maximum absolute atomic E-state index is 12.4. The van der Waals surface area contributed by atoms with E-state index in [2.05, 4.69) is 48.2 Å². The molecule has 0 heterocycles. The Morgan fingerprint density at radius 2 is 1.67 bits per heavy atom. The molecule has 1 rings (SSSR count). The number of hydrogen-bond acceptors (Lipinski definition) is 2. The predicted octanol–water partition coefficient (Wildman–Crippen LogP) is 5.56. The highest BCUT2D eigenvalue weighted by Gasteiger charge is 2.34. The first-order valence-electron chi connectivity index (χ1n) is 10.4. The normalized spacial score (nSPS) is 12.6. The van der Waals surface area contributed by atoms with Gasteiger partial charge >= 0.3 is 0 Å². The highest BCUT2D eigenvalue weighted by atomic mass is 16.1. The Morgan fingerprint density at radius 1 is 1.04 bits per heavy atom. The van der Waals surface area contributed by atoms with Crippen LogP contribution in [0.1, 0.15) is 88.6 Å². The molecule has 1 aromatic carbocycles. The van der Waals surface area contributed by atoms with E-state index in [1.54, 1.807) is 13.3 Å². The zero-order chi connectivity index (χ0) is 20.1. The van der Waals surface area contributed by atoms with Gasteiger partial charge in [-0.2, -0.15) is 0 Å². The number of nitrogens with one attached hydrogen (secondary N) is 1. The average Bonchev–Trinajstić information content (AvgIpc) is 2.71. The summed E-state index contributed by atoms with van der Waals surface area (Å²) in [5.74, 6) is 0.853. The van der Waals surface area contributed by atoms with Crippen LogP contribution in [0.25, 0.3) is 0 Å². The van der Waals surface area contributed by atoms with Gasteiger partial charge in [-0.3, -0.25) is 9.79 Å². The molecule has 0 radical (unpaired) electrons. The van der Waals surface area contributed by atoms with E-state index in [0.717, 1.165) is 37.2 Å². The SMILES string of the molecule is CC=NC(=NC)C(CC)(CC)c1ccc(C(=O)NCCCCCCC)cc1. The summed E-state index contributed by atoms with van der Waals surface area (Å²) < 4.78 is 0. The second-order valence-corrected chi connectivity index (χ2v) is 6.97. The van der Waals surface area contributed by atoms with Crippen molar-refractivity contribution in [3.05, 3.63) is 35.4 Å². The highest BCUT2D eigenvalue weighted by molar-refractivity contribution is 5.98. The largest absolute Gasteiger partial charge is 0.352 e. The molecule has 0 fully saturated rings. The van der Waals surface area contributed by atoms with Crippen molar-refractivity contribution in [1.29, 1.82) is 0 Å². The molecule has 0 saturated carbocycles. The topological polar surface area (TPSA) is 53.8 Å². The first-order chi connectivity index (χ1) is 13.1. The van der Waals surface area contributed by atoms with E-state index in [-0.39, 0.29) is 11.3 Å². The van der Waals surface area contributed by atoms with Crippen LogP contribution in [-0.4, -0.2) is 31.5 Å². The molecular formula is C23H37N3O. The summed E-state index contributed by atoms with van der Waals surface area (Å²) in [6, 6.07) is 7.95. The lowest BCUT2D eigenvalue weighted by atomic mass is 9.74. The molecule has 4 nitrogen and oxygen atoms in total. The van der Waals surface area contributed by atoms with Crippen LogP contribution in [-0.2, 0) is 5.41 Å². The molecule has 0 aromatic heterocycles. The van der Waals surface area contributed by atoms with E-state index >= 15 is 0 Å². The first-order valence-corrected chi connectivity index (χ1v) is 10.4. The van der Waals surface area contributed by atoms with Crippen molar-refractivity contribution in [3.63, 3.8) is 0 Å². The number of amidine groups is 1. The Balaban J connectivity index is 2.82. The summed E-state index contributed by atoms with van der Waals surface area (Å²) in [5.41, 5.74) is 1.66. The smallest absolute Gasteiger partial charge is 0.251 e. The summed E-state index contributed by atoms with van der Waals surface area (Å²) >= 11 is 0. The molecule has 4 heteroatoms. The van der Waals surface area contributed by atoms with Crippen LogP contribution >= 0.6 is 0 Å². The predicted molar refractivity (Wildman–Crippen MR) is 117 cm³/mol. The van der Waals surface area contributed by atoms with Gasteiger partial charge in [0.15, 0.2) is 0 Å². The fraction of sp³-hybridized carbons (Fsp3) is 0.609. The summed E-state index contributed by atoms with van der Waals surface area (Å²) in [7, 11) is 1.80. The number of carbonyl (C=O) groups excluding carboxylic acids is 1. The third-order valence-electron chi connectivity index (χ3n) is 5.36. The Labute approximate surface area is 165 Å². The number of aliphatic imine (C=N–C) groups is 2. The number of unbranched alkanes of at least 4 members (excludes halogenated alkanes) is 4. The molecule has 0 atom stereocenters. The number of benzene rings is 1. The number of amides is 1. The van der Waals surface area contributed by atoms with Crippen LogP contribution in [0.2, 0.25) is 0 Å². The second kappa shape index (κ2) is 12.4. The maximum Gasteiger partial charge on any atom is 0.251 e. The van der Waals surface area contributed by atoms with Gasteiger partial charge in [0, 0.05) is 25.4 Å². The molecular weight excluding hydrogens is 334 g/mol. The third kappa shape index (κ3) is 6.30. The number of nitrogens with zero attached hydrogens (tertiary/aromatic N) is 2. The zero-order valence-corrected chi connectivity index (χ0v) is 17.8. The molecule has 150 valence electrons. The zero-order valence-electron chi connectivity index (χ0n) is 17.8. The summed E-state index contributed by atoms with van der Waals surface area (Å²) in [4.78, 5) is 21.3. The van der Waals surface area contributed by atoms with E-state index in [0.29, 0.717) is 5.56 Å². The van der Waals surface area contributed by atoms with E-state index < -0.39 is 0 Å². The fourth-order valence-corrected chi connectivity index (χ4v) is 3.59. The van der Waals surface area contributed by atoms with Crippen LogP contribution in [0, 0.1) is 0 Å². The van der Waals surface area contributed by atoms with Gasteiger partial charge in [0.2, 0.25) is 0 Å². The number of hydrogen-bond donors (Lipinski definition) is 1. The minimum absolute atomic E-state index is 0.00611. The Kier molecular flexibility index (Phi) is 10.6. The van der Waals surface area contributed by atoms with E-state index in [4.69, 9.17) is 0 Å². The molecule has 1 N–H and O–H groups in total. The van der Waals surface area contributed by atoms with Crippen LogP contribution in [0.5, 0.6) is 0 Å². The van der Waals surface area contributed by atoms with Crippen molar-refractivity contribution in [3.8, 4) is 0 Å². The van der Waals surface area contributed by atoms with Gasteiger partial charge in [-0.1, -0.05) is 58.6 Å². The first kappa shape index (κ1) is 23.1. The third-order valence-corrected chi connectivity index (χ3v) is 5.36. The van der Waals surface area contributed by atoms with Crippen molar-refractivity contribution in [2.45, 2.75) is 78.1 Å². The van der Waals surface area contributed by atoms with Gasteiger partial charge < -0.3 is 5.32 Å². The van der Waals surface area contributed by atoms with Crippen LogP contribution in [0.4, 0.5) is 0 Å². The maximum atomic E-state index is 12.4. The molecule has 0 saturated heterocycles. The molecule has 0 spiro atoms. The van der Waals surface area contributed by atoms with Gasteiger partial charge in [0.1, 0.15) is 5.84 Å². The number of carbonyl (C=O) groups is 1. The average molecular weight is 372 g/mol. The summed E-state index contributed by atoms with van der Waals surface area (Å²) in [6.07, 6.45) is 9.61. The number of rotatable bonds is 11. The molecule has 0 bridgehead atoms. The Hall–Kier alpha value is -1.97. The van der Waals surface area contributed by atoms with Crippen molar-refractivity contribution in [2.75, 3.05) is 13.6 Å². The monoisotopic (exact) mass is 371 g/mol. The molecule has 0 aliphatic rings. The molecule has 27 heavy (non-hydrogen) atoms. The van der Waals surface area contributed by atoms with Crippen molar-refractivity contribution in [1.82, 2.24) is 5.32 Å². The molecule has 1 aromatic rings. The quantitative estimate of drug-likeness (QED) is 0.309. The van der Waals surface area contributed by atoms with Crippen molar-refractivity contribution in [2.24, 2.45) is 9.98 Å². The second-order valence-electron chi connectivity index (χ2n) is 6.97. The summed E-state index contributed by atoms with van der Waals surface area (Å²) in [5, 5.41) is 3.03. The Morgan fingerprint density at radius 3 is 2.19 bits per heavy atom. The van der Waals surface area contributed by atoms with Crippen molar-refractivity contribution < 1.29 is 4.79 Å². The standard InChI is InChI=1S/C23H37N3O/c1-6-10-11-12-13-18-26-21(27)19-14-16-20(17-15-19)23(7-2,8-3)22(24-5)25-9-4/h9,14-17H,6-8,10-13,18H2,1-5H3,(H,26,27). The van der Waals surface area contributed by atoms with E-state index in [1.165, 1.54) is 25.7 Å². The minimum Gasteiger partial charge on any atom is -0.352 e. The molecule has 0 aliphatic carbocycles. The molecule has 1 amide bonds. The molecule has 0 aliphatic heterocycles. The van der Waals surface area contributed by atoms with Gasteiger partial charge in [-0.15, -0.1) is 0 Å². The highest BCUT2D eigenvalue weighted by Crippen LogP contribution is 2.34. The Bertz CT molecular complexity index is 613. The minimum atomic E-state index is -0.213. The van der Waals surface area contributed by atoms with E-state index in [1.807, 2.05) is 19.1 Å². The lowest BCUT2D eigenvalue weighted by Gasteiger charge is -2.31. The van der Waals surface area contributed by atoms with Gasteiger partial charge in [0.05, 0.1) is 5.41 Å². The van der Waals surface area contributed by atoms with Crippen LogP contribution < -0.4 is 5.32 Å². The molecule has 0 unspecified atom stereocenters. The van der Waals surface area contributed by atoms with Crippen molar-refractivity contribution >= 4 is 18.0 Å². The van der Waals surface area contributed by atoms with Crippen LogP contribution in [0.15, 0.2) is 34.3 Å². The van der Waals surface area contributed by atoms with Gasteiger partial charge in [-0.25, -0.2) is 4.99 Å². The van der Waals surface area contributed by atoms with Gasteiger partial charge in [-0.05, 0) is 43.9 Å². The fourth-order valence-electron chi connectivity index (χ4n) is 3.59. The van der Waals surface area contributed by atoms with E-state index in [9.17, 15) is 4.79 Å².